The number of fused-ring (bicyclic) bond motifs is 1. The minimum atomic E-state index is -0.298. The van der Waals surface area contributed by atoms with Crippen molar-refractivity contribution in [1.29, 1.82) is 0 Å². The molecule has 106 valence electrons. The highest BCUT2D eigenvalue weighted by molar-refractivity contribution is 9.10. The number of esters is 1. The number of imide groups is 1. The van der Waals surface area contributed by atoms with Crippen LogP contribution in [0.4, 0.5) is 0 Å². The van der Waals surface area contributed by atoms with Crippen LogP contribution in [-0.2, 0) is 9.53 Å². The second-order valence-corrected chi connectivity index (χ2v) is 5.30. The van der Waals surface area contributed by atoms with Crippen LogP contribution in [0.3, 0.4) is 0 Å². The minimum Gasteiger partial charge on any atom is -0.466 e. The molecule has 0 bridgehead atoms. The fraction of sp³-hybridized carbons (Fsp3) is 0.357. The molecule has 0 fully saturated rings. The zero-order valence-corrected chi connectivity index (χ0v) is 12.6. The van der Waals surface area contributed by atoms with Crippen molar-refractivity contribution < 1.29 is 19.1 Å². The lowest BCUT2D eigenvalue weighted by Gasteiger charge is -2.13. The van der Waals surface area contributed by atoms with Crippen LogP contribution in [-0.4, -0.2) is 35.8 Å². The van der Waals surface area contributed by atoms with Gasteiger partial charge in [-0.1, -0.05) is 22.9 Å². The lowest BCUT2D eigenvalue weighted by Crippen LogP contribution is -2.31. The van der Waals surface area contributed by atoms with E-state index in [1.54, 1.807) is 25.1 Å². The maximum Gasteiger partial charge on any atom is 0.305 e. The maximum atomic E-state index is 12.1. The number of hydrogen-bond acceptors (Lipinski definition) is 4. The van der Waals surface area contributed by atoms with E-state index in [2.05, 4.69) is 15.9 Å². The maximum absolute atomic E-state index is 12.1. The van der Waals surface area contributed by atoms with Gasteiger partial charge in [-0.05, 0) is 24.6 Å². The van der Waals surface area contributed by atoms with E-state index in [4.69, 9.17) is 4.74 Å². The molecular weight excluding hydrogens is 326 g/mol. The molecule has 1 aliphatic heterocycles. The van der Waals surface area contributed by atoms with E-state index in [1.807, 2.05) is 0 Å². The second kappa shape index (κ2) is 6.17. The van der Waals surface area contributed by atoms with Crippen molar-refractivity contribution in [2.24, 2.45) is 0 Å². The Bertz CT molecular complexity index is 570. The van der Waals surface area contributed by atoms with Crippen LogP contribution in [0.15, 0.2) is 22.7 Å². The summed E-state index contributed by atoms with van der Waals surface area (Å²) in [7, 11) is 0. The molecular formula is C14H14BrNO4. The molecule has 1 aliphatic rings. The summed E-state index contributed by atoms with van der Waals surface area (Å²) in [5.74, 6) is -0.872. The number of carbonyl (C=O) groups is 3. The van der Waals surface area contributed by atoms with Crippen LogP contribution < -0.4 is 0 Å². The summed E-state index contributed by atoms with van der Waals surface area (Å²) in [4.78, 5) is 36.4. The number of nitrogens with zero attached hydrogens (tertiary/aromatic N) is 1. The van der Waals surface area contributed by atoms with Crippen molar-refractivity contribution in [2.45, 2.75) is 19.8 Å². The Morgan fingerprint density at radius 2 is 1.95 bits per heavy atom. The van der Waals surface area contributed by atoms with Gasteiger partial charge in [-0.25, -0.2) is 0 Å². The first-order chi connectivity index (χ1) is 9.54. The number of halogens is 1. The van der Waals surface area contributed by atoms with Crippen molar-refractivity contribution in [1.82, 2.24) is 4.90 Å². The lowest BCUT2D eigenvalue weighted by atomic mass is 10.1. The summed E-state index contributed by atoms with van der Waals surface area (Å²) in [6, 6.07) is 5.01. The molecule has 0 unspecified atom stereocenters. The zero-order valence-electron chi connectivity index (χ0n) is 11.0. The van der Waals surface area contributed by atoms with E-state index in [0.29, 0.717) is 24.0 Å². The van der Waals surface area contributed by atoms with Gasteiger partial charge in [0.2, 0.25) is 0 Å². The van der Waals surface area contributed by atoms with Crippen LogP contribution in [0.2, 0.25) is 0 Å². The molecule has 1 aromatic rings. The lowest BCUT2D eigenvalue weighted by molar-refractivity contribution is -0.143. The van der Waals surface area contributed by atoms with Gasteiger partial charge in [-0.3, -0.25) is 19.3 Å². The third-order valence-corrected chi connectivity index (χ3v) is 3.50. The van der Waals surface area contributed by atoms with Crippen molar-refractivity contribution in [3.63, 3.8) is 0 Å². The number of ether oxygens (including phenoxy) is 1. The molecule has 0 N–H and O–H groups in total. The Kier molecular flexibility index (Phi) is 4.54. The fourth-order valence-corrected chi connectivity index (χ4v) is 2.34. The molecule has 0 aliphatic carbocycles. The Morgan fingerprint density at radius 3 is 2.65 bits per heavy atom. The molecule has 0 aromatic heterocycles. The third-order valence-electron chi connectivity index (χ3n) is 3.01. The molecule has 0 saturated carbocycles. The molecule has 20 heavy (non-hydrogen) atoms. The Morgan fingerprint density at radius 1 is 1.25 bits per heavy atom. The second-order valence-electron chi connectivity index (χ2n) is 4.38. The highest BCUT2D eigenvalue weighted by Crippen LogP contribution is 2.25. The summed E-state index contributed by atoms with van der Waals surface area (Å²) in [5, 5.41) is 0. The SMILES string of the molecule is CCC(=O)OCCCN1C(=O)c2ccc(Br)cc2C1=O. The van der Waals surface area contributed by atoms with Crippen molar-refractivity contribution >= 4 is 33.7 Å². The minimum absolute atomic E-state index is 0.212. The van der Waals surface area contributed by atoms with Gasteiger partial charge in [0.25, 0.3) is 11.8 Å². The third kappa shape index (κ3) is 2.90. The molecule has 1 heterocycles. The summed E-state index contributed by atoms with van der Waals surface area (Å²) in [5.41, 5.74) is 0.832. The molecule has 2 amide bonds. The molecule has 1 aromatic carbocycles. The number of carbonyl (C=O) groups excluding carboxylic acids is 3. The van der Waals surface area contributed by atoms with Gasteiger partial charge in [0.1, 0.15) is 0 Å². The standard InChI is InChI=1S/C14H14BrNO4/c1-2-12(17)20-7-3-6-16-13(18)10-5-4-9(15)8-11(10)14(16)19/h4-5,8H,2-3,6-7H2,1H3. The van der Waals surface area contributed by atoms with Gasteiger partial charge >= 0.3 is 5.97 Å². The zero-order chi connectivity index (χ0) is 14.7. The van der Waals surface area contributed by atoms with Crippen LogP contribution in [0, 0.1) is 0 Å². The van der Waals surface area contributed by atoms with E-state index >= 15 is 0 Å². The van der Waals surface area contributed by atoms with Crippen LogP contribution in [0.1, 0.15) is 40.5 Å². The fourth-order valence-electron chi connectivity index (χ4n) is 1.98. The van der Waals surface area contributed by atoms with Crippen LogP contribution in [0.5, 0.6) is 0 Å². The molecule has 0 radical (unpaired) electrons. The van der Waals surface area contributed by atoms with E-state index < -0.39 is 0 Å². The van der Waals surface area contributed by atoms with Crippen molar-refractivity contribution in [2.75, 3.05) is 13.2 Å². The molecule has 2 rings (SSSR count). The van der Waals surface area contributed by atoms with Crippen LogP contribution >= 0.6 is 15.9 Å². The predicted molar refractivity (Wildman–Crippen MR) is 75.4 cm³/mol. The van der Waals surface area contributed by atoms with E-state index in [1.165, 1.54) is 4.90 Å². The molecule has 0 spiro atoms. The Labute approximate surface area is 125 Å². The van der Waals surface area contributed by atoms with E-state index in [9.17, 15) is 14.4 Å². The van der Waals surface area contributed by atoms with Crippen LogP contribution in [0.25, 0.3) is 0 Å². The molecule has 5 nitrogen and oxygen atoms in total. The summed E-state index contributed by atoms with van der Waals surface area (Å²) in [6.45, 7) is 2.18. The number of hydrogen-bond donors (Lipinski definition) is 0. The van der Waals surface area contributed by atoms with E-state index in [0.717, 1.165) is 4.47 Å². The van der Waals surface area contributed by atoms with Gasteiger partial charge < -0.3 is 4.74 Å². The molecule has 6 heteroatoms. The summed E-state index contributed by atoms with van der Waals surface area (Å²) < 4.78 is 5.68. The first-order valence-electron chi connectivity index (χ1n) is 6.36. The Hall–Kier alpha value is -1.69. The van der Waals surface area contributed by atoms with Gasteiger partial charge in [0, 0.05) is 17.4 Å². The first-order valence-corrected chi connectivity index (χ1v) is 7.15. The van der Waals surface area contributed by atoms with Crippen molar-refractivity contribution in [3.8, 4) is 0 Å². The number of benzene rings is 1. The average Bonchev–Trinajstić information content (AvgIpc) is 2.67. The van der Waals surface area contributed by atoms with Gasteiger partial charge in [0.05, 0.1) is 17.7 Å². The van der Waals surface area contributed by atoms with Gasteiger partial charge in [-0.2, -0.15) is 0 Å². The molecule has 0 atom stereocenters. The van der Waals surface area contributed by atoms with E-state index in [-0.39, 0.29) is 30.9 Å². The summed E-state index contributed by atoms with van der Waals surface area (Å²) >= 11 is 3.28. The smallest absolute Gasteiger partial charge is 0.305 e. The largest absolute Gasteiger partial charge is 0.466 e. The monoisotopic (exact) mass is 339 g/mol. The highest BCUT2D eigenvalue weighted by atomic mass is 79.9. The highest BCUT2D eigenvalue weighted by Gasteiger charge is 2.34. The average molecular weight is 340 g/mol. The number of amides is 2. The van der Waals surface area contributed by atoms with Crippen molar-refractivity contribution in [3.05, 3.63) is 33.8 Å². The quantitative estimate of drug-likeness (QED) is 0.469. The van der Waals surface area contributed by atoms with Gasteiger partial charge in [0.15, 0.2) is 0 Å². The number of rotatable bonds is 5. The van der Waals surface area contributed by atoms with Gasteiger partial charge in [-0.15, -0.1) is 0 Å². The predicted octanol–water partition coefficient (Wildman–Crippen LogP) is 2.39. The Balaban J connectivity index is 1.97. The first kappa shape index (κ1) is 14.7. The normalized spacial score (nSPS) is 13.6. The summed E-state index contributed by atoms with van der Waals surface area (Å²) in [6.07, 6.45) is 0.763. The topological polar surface area (TPSA) is 63.7 Å². The molecule has 0 saturated heterocycles.